The van der Waals surface area contributed by atoms with Crippen molar-refractivity contribution < 1.29 is 18.1 Å². The van der Waals surface area contributed by atoms with Gasteiger partial charge in [-0.15, -0.1) is 0 Å². The van der Waals surface area contributed by atoms with E-state index in [1.54, 1.807) is 0 Å². The van der Waals surface area contributed by atoms with Crippen LogP contribution in [0.1, 0.15) is 16.8 Å². The molecule has 0 saturated heterocycles. The Labute approximate surface area is 123 Å². The predicted octanol–water partition coefficient (Wildman–Crippen LogP) is 0.766. The molecular formula is C10H12BrN3O5S. The highest BCUT2D eigenvalue weighted by Gasteiger charge is 2.13. The van der Waals surface area contributed by atoms with Crippen molar-refractivity contribution in [1.82, 2.24) is 5.32 Å². The number of nitro groups is 1. The molecule has 1 amide bonds. The van der Waals surface area contributed by atoms with Gasteiger partial charge in [-0.1, -0.05) is 15.9 Å². The molecule has 0 aliphatic rings. The second-order valence-corrected chi connectivity index (χ2v) is 6.58. The maximum Gasteiger partial charge on any atom is 0.271 e. The molecule has 0 spiro atoms. The van der Waals surface area contributed by atoms with Crippen molar-refractivity contribution in [3.05, 3.63) is 38.3 Å². The Hall–Kier alpha value is -1.52. The number of primary sulfonamides is 1. The van der Waals surface area contributed by atoms with Crippen LogP contribution in [0.3, 0.4) is 0 Å². The summed E-state index contributed by atoms with van der Waals surface area (Å²) in [6, 6.07) is 3.85. The highest BCUT2D eigenvalue weighted by Crippen LogP contribution is 2.21. The lowest BCUT2D eigenvalue weighted by atomic mass is 10.2. The van der Waals surface area contributed by atoms with Gasteiger partial charge in [-0.05, 0) is 12.5 Å². The van der Waals surface area contributed by atoms with Gasteiger partial charge in [0, 0.05) is 28.7 Å². The molecule has 110 valence electrons. The highest BCUT2D eigenvalue weighted by molar-refractivity contribution is 9.10. The lowest BCUT2D eigenvalue weighted by Crippen LogP contribution is -2.27. The highest BCUT2D eigenvalue weighted by atomic mass is 79.9. The van der Waals surface area contributed by atoms with Gasteiger partial charge in [-0.3, -0.25) is 14.9 Å². The van der Waals surface area contributed by atoms with Crippen molar-refractivity contribution >= 4 is 37.5 Å². The fourth-order valence-electron chi connectivity index (χ4n) is 1.39. The van der Waals surface area contributed by atoms with Crippen molar-refractivity contribution in [1.29, 1.82) is 0 Å². The first kappa shape index (κ1) is 16.5. The first-order valence-corrected chi connectivity index (χ1v) is 7.93. The Bertz CT molecular complexity index is 632. The van der Waals surface area contributed by atoms with E-state index in [0.717, 1.165) is 6.07 Å². The van der Waals surface area contributed by atoms with Crippen LogP contribution in [0.4, 0.5) is 5.69 Å². The second kappa shape index (κ2) is 6.77. The molecule has 1 aromatic carbocycles. The molecule has 1 aromatic rings. The third-order valence-electron chi connectivity index (χ3n) is 2.25. The zero-order valence-electron chi connectivity index (χ0n) is 10.2. The van der Waals surface area contributed by atoms with E-state index in [1.807, 2.05) is 0 Å². The number of sulfonamides is 1. The molecular weight excluding hydrogens is 354 g/mol. The molecule has 0 radical (unpaired) electrons. The summed E-state index contributed by atoms with van der Waals surface area (Å²) in [5.41, 5.74) is -0.101. The van der Waals surface area contributed by atoms with Crippen LogP contribution in [0.5, 0.6) is 0 Å². The second-order valence-electron chi connectivity index (χ2n) is 3.93. The number of rotatable bonds is 6. The number of hydrogen-bond acceptors (Lipinski definition) is 5. The van der Waals surface area contributed by atoms with E-state index in [4.69, 9.17) is 5.14 Å². The number of nitrogens with one attached hydrogen (secondary N) is 1. The molecule has 0 bridgehead atoms. The molecule has 0 heterocycles. The van der Waals surface area contributed by atoms with E-state index in [2.05, 4.69) is 21.2 Å². The number of hydrogen-bond donors (Lipinski definition) is 2. The SMILES string of the molecule is NS(=O)(=O)CCCNC(=O)c1cc(Br)cc([N+](=O)[O-])c1. The Morgan fingerprint density at radius 2 is 2.05 bits per heavy atom. The number of nitrogens with zero attached hydrogens (tertiary/aromatic N) is 1. The molecule has 3 N–H and O–H groups in total. The van der Waals surface area contributed by atoms with Crippen molar-refractivity contribution in [2.75, 3.05) is 12.3 Å². The maximum atomic E-state index is 11.8. The number of carbonyl (C=O) groups is 1. The van der Waals surface area contributed by atoms with Crippen LogP contribution < -0.4 is 10.5 Å². The van der Waals surface area contributed by atoms with Crippen LogP contribution in [0.25, 0.3) is 0 Å². The van der Waals surface area contributed by atoms with Crippen molar-refractivity contribution in [3.63, 3.8) is 0 Å². The summed E-state index contributed by atoms with van der Waals surface area (Å²) in [7, 11) is -3.56. The molecule has 0 aliphatic heterocycles. The molecule has 1 rings (SSSR count). The first-order valence-electron chi connectivity index (χ1n) is 5.43. The summed E-state index contributed by atoms with van der Waals surface area (Å²) < 4.78 is 21.8. The molecule has 0 aromatic heterocycles. The van der Waals surface area contributed by atoms with E-state index >= 15 is 0 Å². The third kappa shape index (κ3) is 5.63. The van der Waals surface area contributed by atoms with Gasteiger partial charge in [0.25, 0.3) is 11.6 Å². The number of carbonyl (C=O) groups excluding carboxylic acids is 1. The topological polar surface area (TPSA) is 132 Å². The standard InChI is InChI=1S/C10H12BrN3O5S/c11-8-4-7(5-9(6-8)14(16)17)10(15)13-2-1-3-20(12,18)19/h4-6H,1-3H2,(H,13,15)(H2,12,18,19). The van der Waals surface area contributed by atoms with E-state index in [1.165, 1.54) is 12.1 Å². The number of halogens is 1. The van der Waals surface area contributed by atoms with E-state index in [9.17, 15) is 23.3 Å². The lowest BCUT2D eigenvalue weighted by Gasteiger charge is -2.05. The van der Waals surface area contributed by atoms with Crippen LogP contribution in [-0.2, 0) is 10.0 Å². The van der Waals surface area contributed by atoms with E-state index in [0.29, 0.717) is 4.47 Å². The van der Waals surface area contributed by atoms with Gasteiger partial charge in [0.05, 0.1) is 10.7 Å². The Kier molecular flexibility index (Phi) is 5.60. The summed E-state index contributed by atoms with van der Waals surface area (Å²) in [5, 5.41) is 17.9. The minimum Gasteiger partial charge on any atom is -0.352 e. The minimum atomic E-state index is -3.56. The maximum absolute atomic E-state index is 11.8. The summed E-state index contributed by atoms with van der Waals surface area (Å²) in [6.45, 7) is 0.107. The van der Waals surface area contributed by atoms with E-state index in [-0.39, 0.29) is 30.0 Å². The zero-order chi connectivity index (χ0) is 15.3. The molecule has 0 aliphatic carbocycles. The van der Waals surface area contributed by atoms with Crippen molar-refractivity contribution in [2.45, 2.75) is 6.42 Å². The van der Waals surface area contributed by atoms with Gasteiger partial charge in [0.15, 0.2) is 0 Å². The fourth-order valence-corrected chi connectivity index (χ4v) is 2.42. The lowest BCUT2D eigenvalue weighted by molar-refractivity contribution is -0.385. The van der Waals surface area contributed by atoms with Crippen molar-refractivity contribution in [2.24, 2.45) is 5.14 Å². The molecule has 0 fully saturated rings. The Morgan fingerprint density at radius 1 is 1.40 bits per heavy atom. The minimum absolute atomic E-state index is 0.107. The number of benzene rings is 1. The summed E-state index contributed by atoms with van der Waals surface area (Å²) >= 11 is 3.08. The molecule has 10 heteroatoms. The Morgan fingerprint density at radius 3 is 2.60 bits per heavy atom. The van der Waals surface area contributed by atoms with E-state index < -0.39 is 20.9 Å². The monoisotopic (exact) mass is 365 g/mol. The normalized spacial score (nSPS) is 11.1. The Balaban J connectivity index is 2.66. The fraction of sp³-hybridized carbons (Fsp3) is 0.300. The molecule has 8 nitrogen and oxygen atoms in total. The quantitative estimate of drug-likeness (QED) is 0.436. The average Bonchev–Trinajstić information content (AvgIpc) is 2.32. The molecule has 0 atom stereocenters. The summed E-state index contributed by atoms with van der Waals surface area (Å²) in [6.07, 6.45) is 0.167. The van der Waals surface area contributed by atoms with Gasteiger partial charge in [0.2, 0.25) is 10.0 Å². The third-order valence-corrected chi connectivity index (χ3v) is 3.56. The van der Waals surface area contributed by atoms with Crippen LogP contribution >= 0.6 is 15.9 Å². The number of nitro benzene ring substituents is 1. The summed E-state index contributed by atoms with van der Waals surface area (Å²) in [5.74, 6) is -0.768. The largest absolute Gasteiger partial charge is 0.352 e. The number of amides is 1. The molecule has 0 unspecified atom stereocenters. The van der Waals surface area contributed by atoms with Gasteiger partial charge in [-0.25, -0.2) is 13.6 Å². The van der Waals surface area contributed by atoms with Crippen LogP contribution in [0.2, 0.25) is 0 Å². The van der Waals surface area contributed by atoms with Gasteiger partial charge in [-0.2, -0.15) is 0 Å². The van der Waals surface area contributed by atoms with Crippen LogP contribution in [0.15, 0.2) is 22.7 Å². The summed E-state index contributed by atoms with van der Waals surface area (Å²) in [4.78, 5) is 21.8. The van der Waals surface area contributed by atoms with Crippen LogP contribution in [-0.4, -0.2) is 31.5 Å². The average molecular weight is 366 g/mol. The molecule has 20 heavy (non-hydrogen) atoms. The molecule has 0 saturated carbocycles. The first-order chi connectivity index (χ1) is 9.19. The van der Waals surface area contributed by atoms with Gasteiger partial charge < -0.3 is 5.32 Å². The van der Waals surface area contributed by atoms with Gasteiger partial charge >= 0.3 is 0 Å². The van der Waals surface area contributed by atoms with Gasteiger partial charge in [0.1, 0.15) is 0 Å². The zero-order valence-corrected chi connectivity index (χ0v) is 12.6. The van der Waals surface area contributed by atoms with Crippen LogP contribution in [0, 0.1) is 10.1 Å². The predicted molar refractivity (Wildman–Crippen MR) is 75.7 cm³/mol. The smallest absolute Gasteiger partial charge is 0.271 e. The number of non-ortho nitro benzene ring substituents is 1. The number of nitrogens with two attached hydrogens (primary N) is 1. The van der Waals surface area contributed by atoms with Crippen molar-refractivity contribution in [3.8, 4) is 0 Å².